The summed E-state index contributed by atoms with van der Waals surface area (Å²) in [7, 11) is 0. The SMILES string of the molecule is O=C1CCC(N2C(=O)c3cccc(NCCOCCOCCOCCOCCOCCOCCOCCOCCOCCOCCOCCNC(=O)OCc4ccccc4)c3C2=O)C(=O)N1. The molecule has 1 fully saturated rings. The number of benzene rings is 2. The summed E-state index contributed by atoms with van der Waals surface area (Å²) >= 11 is 0. The molecule has 66 heavy (non-hydrogen) atoms. The van der Waals surface area contributed by atoms with Crippen LogP contribution in [-0.4, -0.2) is 199 Å². The molecule has 3 N–H and O–H groups in total. The van der Waals surface area contributed by atoms with Crippen LogP contribution in [0, 0.1) is 0 Å². The molecule has 2 aromatic carbocycles. The number of hydrogen-bond acceptors (Lipinski definition) is 18. The zero-order chi connectivity index (χ0) is 46.7. The van der Waals surface area contributed by atoms with Crippen molar-refractivity contribution in [2.75, 3.05) is 164 Å². The summed E-state index contributed by atoms with van der Waals surface area (Å²) in [5.74, 6) is -2.19. The molecule has 0 aromatic heterocycles. The van der Waals surface area contributed by atoms with Gasteiger partial charge in [0.2, 0.25) is 11.8 Å². The van der Waals surface area contributed by atoms with Crippen LogP contribution in [0.2, 0.25) is 0 Å². The molecular weight excluding hydrogens is 869 g/mol. The van der Waals surface area contributed by atoms with E-state index in [0.29, 0.717) is 164 Å². The van der Waals surface area contributed by atoms with Crippen LogP contribution < -0.4 is 16.0 Å². The van der Waals surface area contributed by atoms with Crippen LogP contribution in [0.1, 0.15) is 39.1 Å². The maximum Gasteiger partial charge on any atom is 0.407 e. The van der Waals surface area contributed by atoms with Gasteiger partial charge in [-0.2, -0.15) is 0 Å². The van der Waals surface area contributed by atoms with E-state index in [0.717, 1.165) is 10.5 Å². The van der Waals surface area contributed by atoms with Crippen LogP contribution in [0.5, 0.6) is 0 Å². The lowest BCUT2D eigenvalue weighted by atomic mass is 10.0. The van der Waals surface area contributed by atoms with Crippen molar-refractivity contribution in [3.63, 3.8) is 0 Å². The molecule has 1 saturated heterocycles. The van der Waals surface area contributed by atoms with Gasteiger partial charge in [0.25, 0.3) is 11.8 Å². The highest BCUT2D eigenvalue weighted by atomic mass is 16.6. The fourth-order valence-electron chi connectivity index (χ4n) is 6.22. The molecule has 2 aliphatic rings. The molecule has 0 radical (unpaired) electrons. The van der Waals surface area contributed by atoms with Crippen LogP contribution in [0.4, 0.5) is 10.5 Å². The second-order valence-electron chi connectivity index (χ2n) is 14.3. The lowest BCUT2D eigenvalue weighted by Gasteiger charge is -2.27. The summed E-state index contributed by atoms with van der Waals surface area (Å²) in [6, 6.07) is 13.4. The lowest BCUT2D eigenvalue weighted by molar-refractivity contribution is -0.136. The zero-order valence-electron chi connectivity index (χ0n) is 37.7. The number of piperidine rings is 1. The van der Waals surface area contributed by atoms with Gasteiger partial charge in [-0.05, 0) is 24.1 Å². The van der Waals surface area contributed by atoms with Crippen molar-refractivity contribution in [3.8, 4) is 0 Å². The first-order valence-corrected chi connectivity index (χ1v) is 22.3. The fourth-order valence-corrected chi connectivity index (χ4v) is 6.22. The molecular formula is C45H66N4O17. The highest BCUT2D eigenvalue weighted by Gasteiger charge is 2.45. The lowest BCUT2D eigenvalue weighted by Crippen LogP contribution is -2.54. The molecule has 0 bridgehead atoms. The Morgan fingerprint density at radius 3 is 1.42 bits per heavy atom. The van der Waals surface area contributed by atoms with Crippen molar-refractivity contribution in [2.45, 2.75) is 25.5 Å². The van der Waals surface area contributed by atoms with E-state index in [1.165, 1.54) is 0 Å². The number of carbonyl (C=O) groups excluding carboxylic acids is 5. The number of carbonyl (C=O) groups is 5. The topological polar surface area (TPSA) is 235 Å². The molecule has 21 nitrogen and oxygen atoms in total. The summed E-state index contributed by atoms with van der Waals surface area (Å²) in [5.41, 5.74) is 1.82. The maximum atomic E-state index is 13.2. The number of nitrogens with one attached hydrogen (secondary N) is 3. The van der Waals surface area contributed by atoms with Gasteiger partial charge in [-0.15, -0.1) is 0 Å². The third-order valence-corrected chi connectivity index (χ3v) is 9.48. The number of alkyl carbamates (subject to hydrolysis) is 1. The van der Waals surface area contributed by atoms with Crippen molar-refractivity contribution < 1.29 is 80.8 Å². The largest absolute Gasteiger partial charge is 0.445 e. The molecule has 1 unspecified atom stereocenters. The van der Waals surface area contributed by atoms with E-state index in [9.17, 15) is 24.0 Å². The van der Waals surface area contributed by atoms with Gasteiger partial charge in [0.1, 0.15) is 12.6 Å². The van der Waals surface area contributed by atoms with Gasteiger partial charge < -0.3 is 67.5 Å². The number of rotatable bonds is 40. The van der Waals surface area contributed by atoms with E-state index in [1.807, 2.05) is 30.3 Å². The van der Waals surface area contributed by atoms with E-state index in [1.54, 1.807) is 18.2 Å². The van der Waals surface area contributed by atoms with Gasteiger partial charge in [0, 0.05) is 25.2 Å². The van der Waals surface area contributed by atoms with E-state index in [-0.39, 0.29) is 30.6 Å². The number of imide groups is 2. The van der Waals surface area contributed by atoms with Crippen molar-refractivity contribution in [2.24, 2.45) is 0 Å². The number of anilines is 1. The van der Waals surface area contributed by atoms with Gasteiger partial charge in [0.05, 0.1) is 156 Å². The third kappa shape index (κ3) is 22.2. The summed E-state index contributed by atoms with van der Waals surface area (Å²) in [4.78, 5) is 62.6. The number of nitrogens with zero attached hydrogens (tertiary/aromatic N) is 1. The van der Waals surface area contributed by atoms with Crippen LogP contribution in [0.15, 0.2) is 48.5 Å². The average Bonchev–Trinajstić information content (AvgIpc) is 3.58. The predicted octanol–water partition coefficient (Wildman–Crippen LogP) is 1.61. The van der Waals surface area contributed by atoms with Gasteiger partial charge in [0.15, 0.2) is 0 Å². The first-order chi connectivity index (χ1) is 32.5. The zero-order valence-corrected chi connectivity index (χ0v) is 37.7. The molecule has 0 aliphatic carbocycles. The Morgan fingerprint density at radius 1 is 0.530 bits per heavy atom. The highest BCUT2D eigenvalue weighted by molar-refractivity contribution is 6.25. The van der Waals surface area contributed by atoms with Crippen molar-refractivity contribution in [1.82, 2.24) is 15.5 Å². The first-order valence-electron chi connectivity index (χ1n) is 22.3. The van der Waals surface area contributed by atoms with Crippen molar-refractivity contribution in [1.29, 1.82) is 0 Å². The van der Waals surface area contributed by atoms with Gasteiger partial charge in [-0.25, -0.2) is 4.79 Å². The van der Waals surface area contributed by atoms with E-state index < -0.39 is 35.8 Å². The molecule has 1 atom stereocenters. The predicted molar refractivity (Wildman–Crippen MR) is 235 cm³/mol. The second-order valence-corrected chi connectivity index (χ2v) is 14.3. The summed E-state index contributed by atoms with van der Waals surface area (Å²) < 4.78 is 65.6. The van der Waals surface area contributed by atoms with Gasteiger partial charge >= 0.3 is 6.09 Å². The summed E-state index contributed by atoms with van der Waals surface area (Å²) in [5, 5.41) is 7.97. The number of amides is 5. The number of fused-ring (bicyclic) bond motifs is 1. The third-order valence-electron chi connectivity index (χ3n) is 9.48. The maximum absolute atomic E-state index is 13.2. The minimum absolute atomic E-state index is 0.0608. The van der Waals surface area contributed by atoms with Crippen LogP contribution in [0.25, 0.3) is 0 Å². The molecule has 0 saturated carbocycles. The average molecular weight is 935 g/mol. The molecule has 0 spiro atoms. The normalized spacial score (nSPS) is 14.7. The molecule has 2 aromatic rings. The Labute approximate surface area is 385 Å². The van der Waals surface area contributed by atoms with E-state index in [4.69, 9.17) is 56.8 Å². The molecule has 21 heteroatoms. The van der Waals surface area contributed by atoms with Gasteiger partial charge in [-0.1, -0.05) is 36.4 Å². The minimum atomic E-state index is -1.02. The van der Waals surface area contributed by atoms with Gasteiger partial charge in [-0.3, -0.25) is 29.4 Å². The minimum Gasteiger partial charge on any atom is -0.445 e. The first kappa shape index (κ1) is 54.0. The molecule has 5 amide bonds. The second kappa shape index (κ2) is 34.6. The molecule has 4 rings (SSSR count). The van der Waals surface area contributed by atoms with E-state index >= 15 is 0 Å². The molecule has 368 valence electrons. The van der Waals surface area contributed by atoms with Crippen molar-refractivity contribution >= 4 is 35.4 Å². The van der Waals surface area contributed by atoms with Crippen LogP contribution >= 0.6 is 0 Å². The summed E-state index contributed by atoms with van der Waals surface area (Å²) in [6.07, 6.45) is -0.321. The summed E-state index contributed by atoms with van der Waals surface area (Å²) in [6.45, 7) is 10.4. The van der Waals surface area contributed by atoms with Crippen molar-refractivity contribution in [3.05, 3.63) is 65.2 Å². The van der Waals surface area contributed by atoms with Crippen LogP contribution in [-0.2, 0) is 73.0 Å². The number of ether oxygens (including phenoxy) is 12. The highest BCUT2D eigenvalue weighted by Crippen LogP contribution is 2.32. The Morgan fingerprint density at radius 2 is 0.970 bits per heavy atom. The Hall–Kier alpha value is -4.65. The molecule has 2 heterocycles. The standard InChI is InChI=1S/C45H66N4O17/c50-40-10-9-39(42(51)48-40)49-43(52)37-7-4-8-38(41(37)44(49)53)46-11-13-55-15-17-57-19-21-59-23-25-61-27-29-63-31-33-65-34-32-64-30-28-62-26-24-60-22-20-58-18-16-56-14-12-47-45(54)66-35-36-5-2-1-3-6-36/h1-8,39,46H,9-35H2,(H,47,54)(H,48,50,51). The number of hydrogen-bond donors (Lipinski definition) is 3. The smallest absolute Gasteiger partial charge is 0.407 e. The Kier molecular flexibility index (Phi) is 28.3. The monoisotopic (exact) mass is 934 g/mol. The quantitative estimate of drug-likeness (QED) is 0.0636. The Balaban J connectivity index is 0.788. The fraction of sp³-hybridized carbons (Fsp3) is 0.622. The molecule has 2 aliphatic heterocycles. The van der Waals surface area contributed by atoms with Crippen LogP contribution in [0.3, 0.4) is 0 Å². The van der Waals surface area contributed by atoms with E-state index in [2.05, 4.69) is 16.0 Å². The Bertz CT molecular complexity index is 1690.